The lowest BCUT2D eigenvalue weighted by molar-refractivity contribution is -0.384. The van der Waals surface area contributed by atoms with E-state index in [0.717, 1.165) is 5.69 Å². The van der Waals surface area contributed by atoms with Gasteiger partial charge in [0.25, 0.3) is 5.69 Å². The maximum absolute atomic E-state index is 12.3. The van der Waals surface area contributed by atoms with Crippen molar-refractivity contribution in [3.8, 4) is 6.07 Å². The van der Waals surface area contributed by atoms with Crippen LogP contribution in [0.15, 0.2) is 27.9 Å². The molecule has 25 heavy (non-hydrogen) atoms. The minimum Gasteiger partial charge on any atom is -0.297 e. The third-order valence-corrected chi connectivity index (χ3v) is 6.45. The van der Waals surface area contributed by atoms with Crippen molar-refractivity contribution in [3.05, 3.63) is 44.4 Å². The SMILES string of the molecule is Cc1csc([C@@H](C#N)C(=O)CSc2nc3ccc([N+](=O)[O-])cc3s2)n1. The molecule has 0 unspecified atom stereocenters. The Labute approximate surface area is 154 Å². The molecule has 7 nitrogen and oxygen atoms in total. The number of carbonyl (C=O) groups is 1. The van der Waals surface area contributed by atoms with E-state index in [0.29, 0.717) is 19.6 Å². The van der Waals surface area contributed by atoms with Crippen LogP contribution in [0.4, 0.5) is 5.69 Å². The first-order chi connectivity index (χ1) is 12.0. The van der Waals surface area contributed by atoms with E-state index < -0.39 is 10.8 Å². The van der Waals surface area contributed by atoms with Gasteiger partial charge in [0.2, 0.25) is 0 Å². The first-order valence-corrected chi connectivity index (χ1v) is 9.68. The largest absolute Gasteiger partial charge is 0.297 e. The lowest BCUT2D eigenvalue weighted by Gasteiger charge is -2.03. The van der Waals surface area contributed by atoms with Crippen molar-refractivity contribution in [2.24, 2.45) is 0 Å². The van der Waals surface area contributed by atoms with Crippen LogP contribution in [0.3, 0.4) is 0 Å². The summed E-state index contributed by atoms with van der Waals surface area (Å²) in [5.41, 5.74) is 1.44. The Balaban J connectivity index is 1.72. The molecule has 2 aromatic heterocycles. The highest BCUT2D eigenvalue weighted by molar-refractivity contribution is 8.01. The molecule has 0 saturated carbocycles. The molecule has 3 rings (SSSR count). The van der Waals surface area contributed by atoms with E-state index in [1.807, 2.05) is 13.0 Å². The zero-order valence-corrected chi connectivity index (χ0v) is 15.3. The van der Waals surface area contributed by atoms with E-state index in [1.165, 1.54) is 46.6 Å². The fourth-order valence-electron chi connectivity index (χ4n) is 2.05. The zero-order chi connectivity index (χ0) is 18.0. The highest BCUT2D eigenvalue weighted by Crippen LogP contribution is 2.32. The summed E-state index contributed by atoms with van der Waals surface area (Å²) >= 11 is 3.82. The molecule has 0 amide bonds. The van der Waals surface area contributed by atoms with Crippen molar-refractivity contribution in [2.45, 2.75) is 17.2 Å². The second-order valence-corrected chi connectivity index (χ2v) is 8.18. The summed E-state index contributed by atoms with van der Waals surface area (Å²) in [5, 5.41) is 22.4. The number of nitro groups is 1. The van der Waals surface area contributed by atoms with Crippen LogP contribution in [0.5, 0.6) is 0 Å². The molecule has 0 N–H and O–H groups in total. The molecule has 0 saturated heterocycles. The van der Waals surface area contributed by atoms with Crippen LogP contribution in [-0.4, -0.2) is 26.4 Å². The number of thioether (sulfide) groups is 1. The van der Waals surface area contributed by atoms with Crippen LogP contribution in [0.25, 0.3) is 10.2 Å². The predicted octanol–water partition coefficient (Wildman–Crippen LogP) is 3.94. The number of non-ortho nitro benzene ring substituents is 1. The number of carbonyl (C=O) groups excluding carboxylic acids is 1. The number of fused-ring (bicyclic) bond motifs is 1. The lowest BCUT2D eigenvalue weighted by Crippen LogP contribution is -2.13. The summed E-state index contributed by atoms with van der Waals surface area (Å²) in [6.45, 7) is 1.81. The van der Waals surface area contributed by atoms with Crippen LogP contribution in [0.1, 0.15) is 16.6 Å². The third kappa shape index (κ3) is 3.84. The Morgan fingerprint density at radius 2 is 2.28 bits per heavy atom. The minimum absolute atomic E-state index is 0.00691. The average molecular weight is 390 g/mol. The summed E-state index contributed by atoms with van der Waals surface area (Å²) in [5.74, 6) is -1.01. The van der Waals surface area contributed by atoms with Gasteiger partial charge >= 0.3 is 0 Å². The number of Topliss-reactive ketones (excluding diaryl/α,β-unsaturated/α-hetero) is 1. The first kappa shape index (κ1) is 17.5. The van der Waals surface area contributed by atoms with Crippen LogP contribution in [0, 0.1) is 28.4 Å². The molecule has 0 bridgehead atoms. The molecule has 0 fully saturated rings. The Morgan fingerprint density at radius 3 is 2.92 bits per heavy atom. The molecule has 0 aliphatic rings. The highest BCUT2D eigenvalue weighted by Gasteiger charge is 2.23. The average Bonchev–Trinajstić information content (AvgIpc) is 3.18. The van der Waals surface area contributed by atoms with E-state index in [-0.39, 0.29) is 17.2 Å². The molecule has 0 aliphatic carbocycles. The van der Waals surface area contributed by atoms with E-state index in [1.54, 1.807) is 11.4 Å². The number of thiazole rings is 2. The highest BCUT2D eigenvalue weighted by atomic mass is 32.2. The molecule has 0 aliphatic heterocycles. The number of benzene rings is 1. The summed E-state index contributed by atoms with van der Waals surface area (Å²) in [4.78, 5) is 31.3. The summed E-state index contributed by atoms with van der Waals surface area (Å²) in [6, 6.07) is 6.47. The standard InChI is InChI=1S/C15H10N4O3S3/c1-8-6-23-14(17-8)10(5-16)12(20)7-24-15-18-11-3-2-9(19(21)22)4-13(11)25-15/h2-4,6,10H,7H2,1H3/t10-/m0/s1. The fraction of sp³-hybridized carbons (Fsp3) is 0.200. The molecule has 1 atom stereocenters. The molecule has 0 spiro atoms. The second kappa shape index (κ2) is 7.26. The Morgan fingerprint density at radius 1 is 1.48 bits per heavy atom. The smallest absolute Gasteiger partial charge is 0.270 e. The first-order valence-electron chi connectivity index (χ1n) is 7.00. The van der Waals surface area contributed by atoms with Gasteiger partial charge in [-0.3, -0.25) is 14.9 Å². The number of ketones is 1. The van der Waals surface area contributed by atoms with Gasteiger partial charge in [-0.2, -0.15) is 5.26 Å². The number of nitriles is 1. The molecule has 3 aromatic rings. The maximum atomic E-state index is 12.3. The van der Waals surface area contributed by atoms with Crippen LogP contribution in [-0.2, 0) is 4.79 Å². The number of hydrogen-bond donors (Lipinski definition) is 0. The van der Waals surface area contributed by atoms with E-state index in [4.69, 9.17) is 0 Å². The van der Waals surface area contributed by atoms with Gasteiger partial charge < -0.3 is 0 Å². The van der Waals surface area contributed by atoms with Gasteiger partial charge in [0.05, 0.1) is 27.0 Å². The molecule has 1 aromatic carbocycles. The van der Waals surface area contributed by atoms with Gasteiger partial charge in [-0.05, 0) is 13.0 Å². The Bertz CT molecular complexity index is 1010. The van der Waals surface area contributed by atoms with E-state index in [2.05, 4.69) is 9.97 Å². The number of aromatic nitrogens is 2. The third-order valence-electron chi connectivity index (χ3n) is 3.24. The number of hydrogen-bond acceptors (Lipinski definition) is 9. The van der Waals surface area contributed by atoms with E-state index in [9.17, 15) is 20.2 Å². The fourth-order valence-corrected chi connectivity index (χ4v) is 4.92. The summed E-state index contributed by atoms with van der Waals surface area (Å²) < 4.78 is 1.33. The number of rotatable bonds is 6. The zero-order valence-electron chi connectivity index (χ0n) is 12.8. The molecular weight excluding hydrogens is 380 g/mol. The van der Waals surface area contributed by atoms with Crippen molar-refractivity contribution in [2.75, 3.05) is 5.75 Å². The van der Waals surface area contributed by atoms with Crippen molar-refractivity contribution < 1.29 is 9.72 Å². The van der Waals surface area contributed by atoms with Crippen LogP contribution < -0.4 is 0 Å². The van der Waals surface area contributed by atoms with Crippen molar-refractivity contribution in [3.63, 3.8) is 0 Å². The number of nitro benzene ring substituents is 1. The van der Waals surface area contributed by atoms with Gasteiger partial charge in [-0.1, -0.05) is 11.8 Å². The predicted molar refractivity (Wildman–Crippen MR) is 97.2 cm³/mol. The van der Waals surface area contributed by atoms with Gasteiger partial charge in [0, 0.05) is 23.2 Å². The van der Waals surface area contributed by atoms with Crippen molar-refractivity contribution >= 4 is 56.1 Å². The lowest BCUT2D eigenvalue weighted by atomic mass is 10.1. The van der Waals surface area contributed by atoms with Gasteiger partial charge in [0.1, 0.15) is 5.01 Å². The Kier molecular flexibility index (Phi) is 5.08. The monoisotopic (exact) mass is 390 g/mol. The molecule has 126 valence electrons. The normalized spacial score (nSPS) is 12.0. The topological polar surface area (TPSA) is 110 Å². The minimum atomic E-state index is -0.873. The summed E-state index contributed by atoms with van der Waals surface area (Å²) in [6.07, 6.45) is 0. The van der Waals surface area contributed by atoms with Crippen molar-refractivity contribution in [1.82, 2.24) is 9.97 Å². The van der Waals surface area contributed by atoms with Crippen LogP contribution >= 0.6 is 34.4 Å². The maximum Gasteiger partial charge on any atom is 0.270 e. The van der Waals surface area contributed by atoms with E-state index >= 15 is 0 Å². The second-order valence-electron chi connectivity index (χ2n) is 5.03. The summed E-state index contributed by atoms with van der Waals surface area (Å²) in [7, 11) is 0. The number of nitrogens with zero attached hydrogens (tertiary/aromatic N) is 4. The van der Waals surface area contributed by atoms with Gasteiger partial charge in [-0.15, -0.1) is 22.7 Å². The molecule has 10 heteroatoms. The quantitative estimate of drug-likeness (QED) is 0.356. The molecule has 0 radical (unpaired) electrons. The van der Waals surface area contributed by atoms with Crippen LogP contribution in [0.2, 0.25) is 0 Å². The van der Waals surface area contributed by atoms with Crippen molar-refractivity contribution in [1.29, 1.82) is 5.26 Å². The Hall–Kier alpha value is -2.35. The molecule has 2 heterocycles. The molecular formula is C15H10N4O3S3. The number of aryl methyl sites for hydroxylation is 1. The van der Waals surface area contributed by atoms with Gasteiger partial charge in [-0.25, -0.2) is 9.97 Å². The van der Waals surface area contributed by atoms with Gasteiger partial charge in [0.15, 0.2) is 16.0 Å².